The number of carbonyl (C=O) groups is 1. The van der Waals surface area contributed by atoms with E-state index in [9.17, 15) is 4.79 Å². The van der Waals surface area contributed by atoms with Gasteiger partial charge in [-0.3, -0.25) is 14.1 Å². The summed E-state index contributed by atoms with van der Waals surface area (Å²) in [5.41, 5.74) is 6.04. The van der Waals surface area contributed by atoms with Gasteiger partial charge in [-0.15, -0.1) is 0 Å². The third-order valence-corrected chi connectivity index (χ3v) is 5.37. The molecule has 156 valence electrons. The van der Waals surface area contributed by atoms with E-state index in [1.165, 1.54) is 5.56 Å². The van der Waals surface area contributed by atoms with E-state index >= 15 is 0 Å². The molecule has 2 aromatic heterocycles. The number of aromatic nitrogens is 2. The van der Waals surface area contributed by atoms with Crippen molar-refractivity contribution in [3.63, 3.8) is 0 Å². The molecule has 6 nitrogen and oxygen atoms in total. The van der Waals surface area contributed by atoms with Crippen molar-refractivity contribution in [3.8, 4) is 11.3 Å². The van der Waals surface area contributed by atoms with Crippen LogP contribution in [0.4, 0.5) is 0 Å². The fourth-order valence-electron chi connectivity index (χ4n) is 3.62. The molecule has 0 aliphatic carbocycles. The van der Waals surface area contributed by atoms with E-state index in [4.69, 9.17) is 9.72 Å². The second-order valence-corrected chi connectivity index (χ2v) is 7.72. The first-order chi connectivity index (χ1) is 14.6. The van der Waals surface area contributed by atoms with Gasteiger partial charge in [0.05, 0.1) is 24.6 Å². The Labute approximate surface area is 177 Å². The molecule has 0 saturated carbocycles. The van der Waals surface area contributed by atoms with Crippen LogP contribution in [0.25, 0.3) is 23.0 Å². The molecule has 1 amide bonds. The van der Waals surface area contributed by atoms with E-state index < -0.39 is 0 Å². The molecule has 4 rings (SSSR count). The number of pyridine rings is 1. The quantitative estimate of drug-likeness (QED) is 0.642. The van der Waals surface area contributed by atoms with Crippen LogP contribution in [0, 0.1) is 13.8 Å². The first kappa shape index (κ1) is 20.3. The number of morpholine rings is 1. The fourth-order valence-corrected chi connectivity index (χ4v) is 3.62. The summed E-state index contributed by atoms with van der Waals surface area (Å²) in [4.78, 5) is 19.5. The third kappa shape index (κ3) is 4.78. The van der Waals surface area contributed by atoms with E-state index in [2.05, 4.69) is 54.4 Å². The van der Waals surface area contributed by atoms with E-state index in [0.717, 1.165) is 61.0 Å². The lowest BCUT2D eigenvalue weighted by molar-refractivity contribution is -0.116. The molecule has 0 radical (unpaired) electrons. The molecule has 30 heavy (non-hydrogen) atoms. The summed E-state index contributed by atoms with van der Waals surface area (Å²) in [5, 5.41) is 2.98. The van der Waals surface area contributed by atoms with Crippen LogP contribution in [0.2, 0.25) is 0 Å². The van der Waals surface area contributed by atoms with Crippen LogP contribution in [0.5, 0.6) is 0 Å². The molecule has 1 aliphatic heterocycles. The van der Waals surface area contributed by atoms with Crippen molar-refractivity contribution in [1.29, 1.82) is 0 Å². The molecule has 1 aromatic carbocycles. The lowest BCUT2D eigenvalue weighted by Crippen LogP contribution is -2.41. The normalized spacial score (nSPS) is 15.1. The van der Waals surface area contributed by atoms with E-state index in [0.29, 0.717) is 6.54 Å². The minimum Gasteiger partial charge on any atom is -0.379 e. The van der Waals surface area contributed by atoms with Crippen molar-refractivity contribution in [1.82, 2.24) is 19.6 Å². The largest absolute Gasteiger partial charge is 0.379 e. The highest BCUT2D eigenvalue weighted by atomic mass is 16.5. The monoisotopic (exact) mass is 404 g/mol. The Balaban J connectivity index is 1.52. The Hall–Kier alpha value is -2.96. The van der Waals surface area contributed by atoms with Crippen molar-refractivity contribution in [2.24, 2.45) is 0 Å². The first-order valence-corrected chi connectivity index (χ1v) is 10.4. The van der Waals surface area contributed by atoms with Gasteiger partial charge in [-0.05, 0) is 37.6 Å². The van der Waals surface area contributed by atoms with Crippen LogP contribution in [-0.4, -0.2) is 59.6 Å². The highest BCUT2D eigenvalue weighted by molar-refractivity contribution is 5.92. The van der Waals surface area contributed by atoms with Crippen molar-refractivity contribution in [2.75, 3.05) is 39.4 Å². The van der Waals surface area contributed by atoms with Crippen molar-refractivity contribution < 1.29 is 9.53 Å². The molecule has 1 N–H and O–H groups in total. The van der Waals surface area contributed by atoms with Crippen LogP contribution < -0.4 is 5.32 Å². The number of imidazole rings is 1. The highest BCUT2D eigenvalue weighted by Gasteiger charge is 2.13. The number of nitrogens with one attached hydrogen (secondary N) is 1. The summed E-state index contributed by atoms with van der Waals surface area (Å²) >= 11 is 0. The number of aryl methyl sites for hydroxylation is 2. The lowest BCUT2D eigenvalue weighted by atomic mass is 10.1. The summed E-state index contributed by atoms with van der Waals surface area (Å²) in [5.74, 6) is -0.0971. The van der Waals surface area contributed by atoms with Gasteiger partial charge in [-0.2, -0.15) is 0 Å². The van der Waals surface area contributed by atoms with Gasteiger partial charge >= 0.3 is 0 Å². The molecule has 3 heterocycles. The predicted octanol–water partition coefficient (Wildman–Crippen LogP) is 3.08. The maximum Gasteiger partial charge on any atom is 0.244 e. The Kier molecular flexibility index (Phi) is 6.26. The maximum atomic E-state index is 12.4. The third-order valence-electron chi connectivity index (χ3n) is 5.37. The Morgan fingerprint density at radius 2 is 1.90 bits per heavy atom. The van der Waals surface area contributed by atoms with Crippen molar-refractivity contribution >= 4 is 17.6 Å². The van der Waals surface area contributed by atoms with E-state index in [1.807, 2.05) is 22.7 Å². The average Bonchev–Trinajstić information content (AvgIpc) is 3.11. The second kappa shape index (κ2) is 9.24. The Morgan fingerprint density at radius 3 is 2.67 bits per heavy atom. The van der Waals surface area contributed by atoms with Gasteiger partial charge in [0.1, 0.15) is 5.65 Å². The summed E-state index contributed by atoms with van der Waals surface area (Å²) in [6.07, 6.45) is 5.46. The van der Waals surface area contributed by atoms with Gasteiger partial charge in [0.2, 0.25) is 5.91 Å². The number of benzene rings is 1. The standard InChI is InChI=1S/C24H28N4O2/c1-18-3-5-20(6-4-18)24-21(28-11-9-19(2)17-22(28)26-24)7-8-23(29)25-10-12-27-13-15-30-16-14-27/h3-9,11,17H,10,12-16H2,1-2H3,(H,25,29)/b8-7+. The summed E-state index contributed by atoms with van der Waals surface area (Å²) in [6, 6.07) is 12.4. The fraction of sp³-hybridized carbons (Fsp3) is 0.333. The van der Waals surface area contributed by atoms with Gasteiger partial charge < -0.3 is 10.1 Å². The zero-order chi connectivity index (χ0) is 20.9. The number of carbonyl (C=O) groups excluding carboxylic acids is 1. The minimum absolute atomic E-state index is 0.0971. The van der Waals surface area contributed by atoms with Crippen molar-refractivity contribution in [3.05, 3.63) is 65.5 Å². The first-order valence-electron chi connectivity index (χ1n) is 10.4. The molecular formula is C24H28N4O2. The molecule has 6 heteroatoms. The molecule has 1 saturated heterocycles. The SMILES string of the molecule is Cc1ccc(-c2nc3cc(C)ccn3c2/C=C/C(=O)NCCN2CCOCC2)cc1. The molecule has 3 aromatic rings. The van der Waals surface area contributed by atoms with Crippen molar-refractivity contribution in [2.45, 2.75) is 13.8 Å². The molecule has 0 unspecified atom stereocenters. The van der Waals surface area contributed by atoms with E-state index in [1.54, 1.807) is 6.08 Å². The average molecular weight is 405 g/mol. The molecule has 1 fully saturated rings. The topological polar surface area (TPSA) is 58.9 Å². The van der Waals surface area contributed by atoms with Crippen LogP contribution in [0.15, 0.2) is 48.7 Å². The summed E-state index contributed by atoms with van der Waals surface area (Å²) in [7, 11) is 0. The number of hydrogen-bond donors (Lipinski definition) is 1. The van der Waals surface area contributed by atoms with Gasteiger partial charge in [-0.1, -0.05) is 29.8 Å². The number of nitrogens with zero attached hydrogens (tertiary/aromatic N) is 3. The molecule has 0 spiro atoms. The van der Waals surface area contributed by atoms with Crippen LogP contribution >= 0.6 is 0 Å². The Bertz CT molecular complexity index is 1050. The van der Waals surface area contributed by atoms with Gasteiger partial charge in [0.15, 0.2) is 0 Å². The maximum absolute atomic E-state index is 12.4. The number of fused-ring (bicyclic) bond motifs is 1. The summed E-state index contributed by atoms with van der Waals surface area (Å²) < 4.78 is 7.38. The summed E-state index contributed by atoms with van der Waals surface area (Å²) in [6.45, 7) is 8.97. The molecular weight excluding hydrogens is 376 g/mol. The van der Waals surface area contributed by atoms with E-state index in [-0.39, 0.29) is 5.91 Å². The zero-order valence-corrected chi connectivity index (χ0v) is 17.6. The number of hydrogen-bond acceptors (Lipinski definition) is 4. The van der Waals surface area contributed by atoms with Gasteiger partial charge in [-0.25, -0.2) is 4.98 Å². The lowest BCUT2D eigenvalue weighted by Gasteiger charge is -2.26. The van der Waals surface area contributed by atoms with Gasteiger partial charge in [0, 0.05) is 44.0 Å². The molecule has 0 atom stereocenters. The van der Waals surface area contributed by atoms with Crippen LogP contribution in [-0.2, 0) is 9.53 Å². The number of rotatable bonds is 6. The zero-order valence-electron chi connectivity index (χ0n) is 17.6. The number of ether oxygens (including phenoxy) is 1. The second-order valence-electron chi connectivity index (χ2n) is 7.72. The highest BCUT2D eigenvalue weighted by Crippen LogP contribution is 2.26. The Morgan fingerprint density at radius 1 is 1.13 bits per heavy atom. The van der Waals surface area contributed by atoms with Crippen LogP contribution in [0.1, 0.15) is 16.8 Å². The molecule has 0 bridgehead atoms. The van der Waals surface area contributed by atoms with Crippen LogP contribution in [0.3, 0.4) is 0 Å². The smallest absolute Gasteiger partial charge is 0.244 e. The predicted molar refractivity (Wildman–Crippen MR) is 119 cm³/mol. The number of amides is 1. The minimum atomic E-state index is -0.0971. The molecule has 1 aliphatic rings. The van der Waals surface area contributed by atoms with Gasteiger partial charge in [0.25, 0.3) is 0 Å².